The first kappa shape index (κ1) is 16.2. The Labute approximate surface area is 158 Å². The van der Waals surface area contributed by atoms with Crippen LogP contribution in [0.4, 0.5) is 0 Å². The molecule has 0 radical (unpaired) electrons. The van der Waals surface area contributed by atoms with Crippen molar-refractivity contribution in [1.82, 2.24) is 25.6 Å². The summed E-state index contributed by atoms with van der Waals surface area (Å²) >= 11 is 1.38. The number of hydrogen-bond donors (Lipinski definition) is 0. The number of aryl methyl sites for hydroxylation is 1. The van der Waals surface area contributed by atoms with Crippen LogP contribution in [-0.4, -0.2) is 25.6 Å². The second-order valence-corrected chi connectivity index (χ2v) is 7.23. The summed E-state index contributed by atoms with van der Waals surface area (Å²) in [4.78, 5) is 0. The number of hydrogen-bond acceptors (Lipinski definition) is 9. The Kier molecular flexibility index (Phi) is 4.01. The zero-order valence-corrected chi connectivity index (χ0v) is 15.3. The fourth-order valence-corrected chi connectivity index (χ4v) is 3.33. The van der Waals surface area contributed by atoms with Gasteiger partial charge in [-0.3, -0.25) is 0 Å². The van der Waals surface area contributed by atoms with Gasteiger partial charge in [-0.1, -0.05) is 47.3 Å². The second kappa shape index (κ2) is 6.66. The molecule has 1 fully saturated rings. The Morgan fingerprint density at radius 1 is 1.04 bits per heavy atom. The van der Waals surface area contributed by atoms with Crippen LogP contribution in [0.3, 0.4) is 0 Å². The van der Waals surface area contributed by atoms with Gasteiger partial charge in [0.2, 0.25) is 11.8 Å². The third-order valence-electron chi connectivity index (χ3n) is 4.26. The lowest BCUT2D eigenvalue weighted by Gasteiger charge is -1.98. The SMILES string of the molecule is Cc1onc(-c2ccccc2)c1-c1nnc(CSc2nnc(C3CC3)o2)o1. The first-order valence-electron chi connectivity index (χ1n) is 8.58. The zero-order chi connectivity index (χ0) is 18.2. The Bertz CT molecular complexity index is 1070. The topological polar surface area (TPSA) is 104 Å². The molecular weight excluding hydrogens is 366 g/mol. The van der Waals surface area contributed by atoms with Crippen molar-refractivity contribution in [3.8, 4) is 22.7 Å². The molecule has 8 nitrogen and oxygen atoms in total. The van der Waals surface area contributed by atoms with Gasteiger partial charge >= 0.3 is 0 Å². The van der Waals surface area contributed by atoms with Gasteiger partial charge < -0.3 is 13.4 Å². The van der Waals surface area contributed by atoms with Gasteiger partial charge in [0, 0.05) is 11.5 Å². The molecule has 1 aliphatic carbocycles. The number of nitrogens with zero attached hydrogens (tertiary/aromatic N) is 5. The lowest BCUT2D eigenvalue weighted by Crippen LogP contribution is -1.84. The molecule has 1 aromatic carbocycles. The predicted octanol–water partition coefficient (Wildman–Crippen LogP) is 4.25. The summed E-state index contributed by atoms with van der Waals surface area (Å²) in [7, 11) is 0. The molecule has 4 aromatic rings. The van der Waals surface area contributed by atoms with Gasteiger partial charge in [0.05, 0.1) is 5.75 Å². The van der Waals surface area contributed by atoms with Crippen molar-refractivity contribution in [2.45, 2.75) is 36.7 Å². The summed E-state index contributed by atoms with van der Waals surface area (Å²) in [6.45, 7) is 1.82. The predicted molar refractivity (Wildman–Crippen MR) is 95.8 cm³/mol. The molecule has 0 amide bonds. The molecule has 1 saturated carbocycles. The molecule has 0 atom stereocenters. The van der Waals surface area contributed by atoms with Crippen molar-refractivity contribution in [3.63, 3.8) is 0 Å². The molecule has 3 aromatic heterocycles. The van der Waals surface area contributed by atoms with Crippen molar-refractivity contribution in [1.29, 1.82) is 0 Å². The van der Waals surface area contributed by atoms with E-state index in [4.69, 9.17) is 13.4 Å². The molecule has 0 bridgehead atoms. The van der Waals surface area contributed by atoms with E-state index in [2.05, 4.69) is 25.6 Å². The summed E-state index contributed by atoms with van der Waals surface area (Å²) < 4.78 is 16.8. The van der Waals surface area contributed by atoms with E-state index in [1.165, 1.54) is 11.8 Å². The highest BCUT2D eigenvalue weighted by atomic mass is 32.2. The van der Waals surface area contributed by atoms with Crippen LogP contribution in [0.25, 0.3) is 22.7 Å². The Morgan fingerprint density at radius 2 is 1.89 bits per heavy atom. The van der Waals surface area contributed by atoms with Crippen LogP contribution >= 0.6 is 11.8 Å². The number of aromatic nitrogens is 5. The molecule has 0 unspecified atom stereocenters. The van der Waals surface area contributed by atoms with E-state index < -0.39 is 0 Å². The number of rotatable bonds is 6. The number of benzene rings is 1. The van der Waals surface area contributed by atoms with Crippen LogP contribution in [0, 0.1) is 6.92 Å². The van der Waals surface area contributed by atoms with Crippen molar-refractivity contribution in [2.24, 2.45) is 0 Å². The highest BCUT2D eigenvalue weighted by Gasteiger charge is 2.29. The summed E-state index contributed by atoms with van der Waals surface area (Å²) in [5.41, 5.74) is 2.32. The zero-order valence-electron chi connectivity index (χ0n) is 14.5. The van der Waals surface area contributed by atoms with Gasteiger partial charge in [-0.2, -0.15) is 0 Å². The lowest BCUT2D eigenvalue weighted by molar-refractivity contribution is 0.399. The van der Waals surface area contributed by atoms with Crippen LogP contribution in [-0.2, 0) is 5.75 Å². The molecular formula is C18H15N5O3S. The molecule has 0 saturated heterocycles. The first-order chi connectivity index (χ1) is 13.3. The molecule has 3 heterocycles. The maximum absolute atomic E-state index is 5.83. The average molecular weight is 381 g/mol. The minimum atomic E-state index is 0.382. The minimum absolute atomic E-state index is 0.382. The smallest absolute Gasteiger partial charge is 0.277 e. The molecule has 0 aliphatic heterocycles. The summed E-state index contributed by atoms with van der Waals surface area (Å²) in [6, 6.07) is 9.75. The standard InChI is InChI=1S/C18H15N5O3S/c1-10-14(15(23-26-10)11-5-3-2-4-6-11)17-21-19-13(24-17)9-27-18-22-20-16(25-18)12-7-8-12/h2-6,12H,7-9H2,1H3. The third-order valence-corrected chi connectivity index (χ3v) is 5.06. The van der Waals surface area contributed by atoms with Gasteiger partial charge in [-0.25, -0.2) is 0 Å². The first-order valence-corrected chi connectivity index (χ1v) is 9.57. The second-order valence-electron chi connectivity index (χ2n) is 6.30. The molecule has 1 aliphatic rings. The minimum Gasteiger partial charge on any atom is -0.420 e. The summed E-state index contributed by atoms with van der Waals surface area (Å²) in [5, 5.41) is 21.1. The van der Waals surface area contributed by atoms with Crippen LogP contribution in [0.2, 0.25) is 0 Å². The molecule has 27 heavy (non-hydrogen) atoms. The van der Waals surface area contributed by atoms with Crippen LogP contribution in [0.5, 0.6) is 0 Å². The van der Waals surface area contributed by atoms with E-state index in [0.717, 1.165) is 24.3 Å². The van der Waals surface area contributed by atoms with Gasteiger partial charge in [0.25, 0.3) is 11.1 Å². The normalized spacial score (nSPS) is 14.0. The van der Waals surface area contributed by atoms with Gasteiger partial charge in [0.1, 0.15) is 17.0 Å². The molecule has 0 spiro atoms. The quantitative estimate of drug-likeness (QED) is 0.453. The molecule has 5 rings (SSSR count). The van der Waals surface area contributed by atoms with E-state index in [1.807, 2.05) is 37.3 Å². The molecule has 9 heteroatoms. The molecule has 0 N–H and O–H groups in total. The van der Waals surface area contributed by atoms with Crippen molar-refractivity contribution in [2.75, 3.05) is 0 Å². The largest absolute Gasteiger partial charge is 0.420 e. The Balaban J connectivity index is 1.35. The highest BCUT2D eigenvalue weighted by Crippen LogP contribution is 2.40. The van der Waals surface area contributed by atoms with Crippen LogP contribution in [0.15, 0.2) is 48.9 Å². The Hall–Kier alpha value is -2.94. The monoisotopic (exact) mass is 381 g/mol. The van der Waals surface area contributed by atoms with Crippen molar-refractivity contribution < 1.29 is 13.4 Å². The van der Waals surface area contributed by atoms with Gasteiger partial charge in [-0.15, -0.1) is 20.4 Å². The fourth-order valence-electron chi connectivity index (χ4n) is 2.73. The van der Waals surface area contributed by atoms with E-state index in [1.54, 1.807) is 0 Å². The van der Waals surface area contributed by atoms with Crippen molar-refractivity contribution >= 4 is 11.8 Å². The van der Waals surface area contributed by atoms with E-state index in [0.29, 0.717) is 45.7 Å². The average Bonchev–Trinajstić information content (AvgIpc) is 3.09. The molecule has 136 valence electrons. The third kappa shape index (κ3) is 3.25. The summed E-state index contributed by atoms with van der Waals surface area (Å²) in [5.74, 6) is 3.09. The van der Waals surface area contributed by atoms with E-state index in [-0.39, 0.29) is 0 Å². The van der Waals surface area contributed by atoms with E-state index >= 15 is 0 Å². The maximum atomic E-state index is 5.83. The van der Waals surface area contributed by atoms with Gasteiger partial charge in [-0.05, 0) is 19.8 Å². The van der Waals surface area contributed by atoms with Crippen molar-refractivity contribution in [3.05, 3.63) is 47.9 Å². The maximum Gasteiger partial charge on any atom is 0.277 e. The van der Waals surface area contributed by atoms with E-state index in [9.17, 15) is 0 Å². The summed E-state index contributed by atoms with van der Waals surface area (Å²) in [6.07, 6.45) is 2.25. The fraction of sp³-hybridized carbons (Fsp3) is 0.278. The van der Waals surface area contributed by atoms with Gasteiger partial charge in [0.15, 0.2) is 0 Å². The Morgan fingerprint density at radius 3 is 2.70 bits per heavy atom. The number of thioether (sulfide) groups is 1. The lowest BCUT2D eigenvalue weighted by atomic mass is 10.1. The van der Waals surface area contributed by atoms with Crippen LogP contribution < -0.4 is 0 Å². The highest BCUT2D eigenvalue weighted by molar-refractivity contribution is 7.98. The van der Waals surface area contributed by atoms with Crippen LogP contribution in [0.1, 0.15) is 36.3 Å².